The van der Waals surface area contributed by atoms with Crippen molar-refractivity contribution in [3.8, 4) is 0 Å². The van der Waals surface area contributed by atoms with Gasteiger partial charge in [-0.15, -0.1) is 0 Å². The molecule has 0 radical (unpaired) electrons. The summed E-state index contributed by atoms with van der Waals surface area (Å²) in [5.74, 6) is -0.556. The van der Waals surface area contributed by atoms with Crippen LogP contribution in [0.4, 0.5) is 0 Å². The average Bonchev–Trinajstić information content (AvgIpc) is 2.34. The van der Waals surface area contributed by atoms with Crippen molar-refractivity contribution in [2.75, 3.05) is 13.2 Å². The number of hydrogen-bond acceptors (Lipinski definition) is 3. The van der Waals surface area contributed by atoms with Crippen LogP contribution < -0.4 is 5.32 Å². The van der Waals surface area contributed by atoms with Crippen molar-refractivity contribution in [2.24, 2.45) is 5.92 Å². The smallest absolute Gasteiger partial charge is 0.303 e. The summed E-state index contributed by atoms with van der Waals surface area (Å²) in [6.07, 6.45) is 0.992. The van der Waals surface area contributed by atoms with Crippen LogP contribution in [-0.2, 0) is 4.79 Å². The Hall–Kier alpha value is -0.610. The van der Waals surface area contributed by atoms with E-state index in [1.165, 1.54) is 0 Å². The Morgan fingerprint density at radius 1 is 1.64 bits per heavy atom. The first-order chi connectivity index (χ1) is 5.22. The normalized spacial score (nSPS) is 30.6. The number of aliphatic hydroxyl groups is 1. The van der Waals surface area contributed by atoms with Crippen LogP contribution in [0, 0.1) is 5.92 Å². The molecule has 1 saturated heterocycles. The molecule has 11 heavy (non-hydrogen) atoms. The molecule has 0 aromatic carbocycles. The molecular weight excluding hydrogens is 146 g/mol. The molecule has 1 aliphatic rings. The SMILES string of the molecule is O=C(O)CC1CNC(CO)C1. The molecule has 0 spiro atoms. The second-order valence-electron chi connectivity index (χ2n) is 2.99. The highest BCUT2D eigenvalue weighted by molar-refractivity contribution is 5.67. The predicted octanol–water partition coefficient (Wildman–Crippen LogP) is -0.569. The Bertz CT molecular complexity index is 149. The Labute approximate surface area is 65.2 Å². The van der Waals surface area contributed by atoms with Crippen molar-refractivity contribution in [3.63, 3.8) is 0 Å². The van der Waals surface area contributed by atoms with Crippen LogP contribution in [-0.4, -0.2) is 35.4 Å². The molecule has 0 aliphatic carbocycles. The van der Waals surface area contributed by atoms with Crippen molar-refractivity contribution in [1.82, 2.24) is 5.32 Å². The predicted molar refractivity (Wildman–Crippen MR) is 39.2 cm³/mol. The second-order valence-corrected chi connectivity index (χ2v) is 2.99. The summed E-state index contributed by atoms with van der Waals surface area (Å²) in [5.41, 5.74) is 0. The van der Waals surface area contributed by atoms with E-state index in [0.29, 0.717) is 0 Å². The van der Waals surface area contributed by atoms with E-state index in [0.717, 1.165) is 13.0 Å². The molecule has 4 heteroatoms. The van der Waals surface area contributed by atoms with E-state index in [1.807, 2.05) is 0 Å². The lowest BCUT2D eigenvalue weighted by Gasteiger charge is -2.04. The maximum atomic E-state index is 10.3. The van der Waals surface area contributed by atoms with E-state index in [-0.39, 0.29) is 25.0 Å². The zero-order valence-electron chi connectivity index (χ0n) is 6.29. The summed E-state index contributed by atoms with van der Waals surface area (Å²) >= 11 is 0. The lowest BCUT2D eigenvalue weighted by molar-refractivity contribution is -0.137. The molecule has 1 fully saturated rings. The zero-order valence-corrected chi connectivity index (χ0v) is 6.29. The van der Waals surface area contributed by atoms with Gasteiger partial charge in [0.05, 0.1) is 6.61 Å². The van der Waals surface area contributed by atoms with Crippen molar-refractivity contribution < 1.29 is 15.0 Å². The molecule has 1 aliphatic heterocycles. The molecule has 4 nitrogen and oxygen atoms in total. The van der Waals surface area contributed by atoms with Crippen LogP contribution >= 0.6 is 0 Å². The first-order valence-corrected chi connectivity index (χ1v) is 3.78. The fourth-order valence-electron chi connectivity index (χ4n) is 1.44. The molecule has 2 unspecified atom stereocenters. The van der Waals surface area contributed by atoms with Gasteiger partial charge in [0.2, 0.25) is 0 Å². The number of carboxylic acids is 1. The topological polar surface area (TPSA) is 69.6 Å². The molecule has 1 heterocycles. The van der Waals surface area contributed by atoms with Crippen molar-refractivity contribution >= 4 is 5.97 Å². The summed E-state index contributed by atoms with van der Waals surface area (Å²) in [5, 5.41) is 20.2. The number of rotatable bonds is 3. The van der Waals surface area contributed by atoms with Gasteiger partial charge >= 0.3 is 5.97 Å². The monoisotopic (exact) mass is 159 g/mol. The molecule has 3 N–H and O–H groups in total. The maximum absolute atomic E-state index is 10.3. The Kier molecular flexibility index (Phi) is 2.84. The van der Waals surface area contributed by atoms with E-state index < -0.39 is 5.97 Å². The van der Waals surface area contributed by atoms with Crippen LogP contribution in [0.1, 0.15) is 12.8 Å². The Balaban J connectivity index is 2.24. The fourth-order valence-corrected chi connectivity index (χ4v) is 1.44. The fraction of sp³-hybridized carbons (Fsp3) is 0.857. The van der Waals surface area contributed by atoms with Gasteiger partial charge in [0, 0.05) is 12.5 Å². The number of carbonyl (C=O) groups is 1. The van der Waals surface area contributed by atoms with Gasteiger partial charge < -0.3 is 15.5 Å². The number of carboxylic acid groups (broad SMARTS) is 1. The van der Waals surface area contributed by atoms with Crippen LogP contribution in [0.3, 0.4) is 0 Å². The third kappa shape index (κ3) is 2.48. The summed E-state index contributed by atoms with van der Waals surface area (Å²) in [7, 11) is 0. The van der Waals surface area contributed by atoms with Gasteiger partial charge in [0.25, 0.3) is 0 Å². The van der Waals surface area contributed by atoms with Gasteiger partial charge in [-0.25, -0.2) is 0 Å². The van der Waals surface area contributed by atoms with Crippen LogP contribution in [0.15, 0.2) is 0 Å². The van der Waals surface area contributed by atoms with Gasteiger partial charge in [0.1, 0.15) is 0 Å². The third-order valence-electron chi connectivity index (χ3n) is 2.00. The van der Waals surface area contributed by atoms with E-state index in [2.05, 4.69) is 5.32 Å². The van der Waals surface area contributed by atoms with E-state index in [4.69, 9.17) is 10.2 Å². The quantitative estimate of drug-likeness (QED) is 0.516. The van der Waals surface area contributed by atoms with Gasteiger partial charge in [-0.05, 0) is 18.9 Å². The molecule has 0 saturated carbocycles. The summed E-state index contributed by atoms with van der Waals surface area (Å²) in [6.45, 7) is 0.827. The standard InChI is InChI=1S/C7H13NO3/c9-4-6-1-5(3-8-6)2-7(10)11/h5-6,8-9H,1-4H2,(H,10,11). The number of hydrogen-bond donors (Lipinski definition) is 3. The highest BCUT2D eigenvalue weighted by Crippen LogP contribution is 2.16. The number of nitrogens with one attached hydrogen (secondary N) is 1. The molecular formula is C7H13NO3. The largest absolute Gasteiger partial charge is 0.481 e. The molecule has 1 rings (SSSR count). The maximum Gasteiger partial charge on any atom is 0.303 e. The van der Waals surface area contributed by atoms with Crippen LogP contribution in [0.2, 0.25) is 0 Å². The van der Waals surface area contributed by atoms with Gasteiger partial charge in [-0.2, -0.15) is 0 Å². The molecule has 64 valence electrons. The van der Waals surface area contributed by atoms with E-state index >= 15 is 0 Å². The minimum absolute atomic E-state index is 0.107. The third-order valence-corrected chi connectivity index (χ3v) is 2.00. The molecule has 2 atom stereocenters. The number of aliphatic carboxylic acids is 1. The minimum Gasteiger partial charge on any atom is -0.481 e. The first kappa shape index (κ1) is 8.49. The van der Waals surface area contributed by atoms with Crippen molar-refractivity contribution in [2.45, 2.75) is 18.9 Å². The van der Waals surface area contributed by atoms with Crippen molar-refractivity contribution in [1.29, 1.82) is 0 Å². The summed E-state index contributed by atoms with van der Waals surface area (Å²) in [4.78, 5) is 10.3. The average molecular weight is 159 g/mol. The van der Waals surface area contributed by atoms with Crippen molar-refractivity contribution in [3.05, 3.63) is 0 Å². The molecule has 0 bridgehead atoms. The first-order valence-electron chi connectivity index (χ1n) is 3.78. The molecule has 0 aromatic rings. The summed E-state index contributed by atoms with van der Waals surface area (Å²) in [6, 6.07) is 0.111. The van der Waals surface area contributed by atoms with E-state index in [1.54, 1.807) is 0 Å². The van der Waals surface area contributed by atoms with Crippen LogP contribution in [0.25, 0.3) is 0 Å². The second kappa shape index (κ2) is 3.69. The minimum atomic E-state index is -0.754. The zero-order chi connectivity index (χ0) is 8.27. The Morgan fingerprint density at radius 2 is 2.36 bits per heavy atom. The Morgan fingerprint density at radius 3 is 2.82 bits per heavy atom. The lowest BCUT2D eigenvalue weighted by atomic mass is 10.0. The van der Waals surface area contributed by atoms with E-state index in [9.17, 15) is 4.79 Å². The van der Waals surface area contributed by atoms with Gasteiger partial charge in [0.15, 0.2) is 0 Å². The molecule has 0 amide bonds. The molecule has 0 aromatic heterocycles. The van der Waals surface area contributed by atoms with Gasteiger partial charge in [-0.1, -0.05) is 0 Å². The lowest BCUT2D eigenvalue weighted by Crippen LogP contribution is -2.24. The summed E-state index contributed by atoms with van der Waals surface area (Å²) < 4.78 is 0. The van der Waals surface area contributed by atoms with Crippen LogP contribution in [0.5, 0.6) is 0 Å². The number of aliphatic hydroxyl groups excluding tert-OH is 1. The highest BCUT2D eigenvalue weighted by atomic mass is 16.4. The van der Waals surface area contributed by atoms with Gasteiger partial charge in [-0.3, -0.25) is 4.79 Å². The highest BCUT2D eigenvalue weighted by Gasteiger charge is 2.24.